The summed E-state index contributed by atoms with van der Waals surface area (Å²) in [7, 11) is 1.34. The number of aromatic nitrogens is 1. The molecule has 0 aliphatic heterocycles. The average Bonchev–Trinajstić information content (AvgIpc) is 2.84. The van der Waals surface area contributed by atoms with Gasteiger partial charge in [-0.1, -0.05) is 0 Å². The number of hydrogen-bond donors (Lipinski definition) is 2. The van der Waals surface area contributed by atoms with Gasteiger partial charge in [-0.3, -0.25) is 0 Å². The Morgan fingerprint density at radius 3 is 2.64 bits per heavy atom. The Bertz CT molecular complexity index is 698. The van der Waals surface area contributed by atoms with Crippen molar-refractivity contribution >= 4 is 23.0 Å². The SMILES string of the molecule is COC(=O)c1ccc2[nH]cc(CNC(=O)OC(C)(C)C)c2c1. The average molecular weight is 304 g/mol. The molecule has 0 fully saturated rings. The van der Waals surface area contributed by atoms with Crippen LogP contribution in [0.15, 0.2) is 24.4 Å². The van der Waals surface area contributed by atoms with Crippen molar-refractivity contribution in [1.29, 1.82) is 0 Å². The van der Waals surface area contributed by atoms with Crippen LogP contribution in [0.1, 0.15) is 36.7 Å². The molecule has 0 spiro atoms. The van der Waals surface area contributed by atoms with Crippen LogP contribution in [0.25, 0.3) is 10.9 Å². The number of H-pyrrole nitrogens is 1. The lowest BCUT2D eigenvalue weighted by atomic mass is 10.1. The number of benzene rings is 1. The van der Waals surface area contributed by atoms with Crippen molar-refractivity contribution in [2.24, 2.45) is 0 Å². The number of alkyl carbamates (subject to hydrolysis) is 1. The smallest absolute Gasteiger partial charge is 0.407 e. The maximum Gasteiger partial charge on any atom is 0.407 e. The molecule has 0 aliphatic carbocycles. The number of aromatic amines is 1. The Hall–Kier alpha value is -2.50. The highest BCUT2D eigenvalue weighted by Gasteiger charge is 2.16. The number of hydrogen-bond acceptors (Lipinski definition) is 4. The predicted octanol–water partition coefficient (Wildman–Crippen LogP) is 2.98. The first kappa shape index (κ1) is 15.9. The molecule has 0 atom stereocenters. The first-order chi connectivity index (χ1) is 10.3. The normalized spacial score (nSPS) is 11.3. The fraction of sp³-hybridized carbons (Fsp3) is 0.375. The Kier molecular flexibility index (Phi) is 4.40. The van der Waals surface area contributed by atoms with Crippen LogP contribution in [0, 0.1) is 0 Å². The number of carbonyl (C=O) groups excluding carboxylic acids is 2. The highest BCUT2D eigenvalue weighted by molar-refractivity contribution is 5.95. The highest BCUT2D eigenvalue weighted by Crippen LogP contribution is 2.20. The summed E-state index contributed by atoms with van der Waals surface area (Å²) in [5.41, 5.74) is 1.68. The molecular weight excluding hydrogens is 284 g/mol. The summed E-state index contributed by atoms with van der Waals surface area (Å²) in [5, 5.41) is 3.56. The van der Waals surface area contributed by atoms with Crippen molar-refractivity contribution in [2.75, 3.05) is 7.11 Å². The van der Waals surface area contributed by atoms with E-state index in [-0.39, 0.29) is 0 Å². The van der Waals surface area contributed by atoms with Crippen LogP contribution < -0.4 is 5.32 Å². The monoisotopic (exact) mass is 304 g/mol. The molecule has 22 heavy (non-hydrogen) atoms. The number of fused-ring (bicyclic) bond motifs is 1. The molecule has 1 aromatic carbocycles. The standard InChI is InChI=1S/C16H20N2O4/c1-16(2,3)22-15(20)18-9-11-8-17-13-6-5-10(7-12(11)13)14(19)21-4/h5-8,17H,9H2,1-4H3,(H,18,20). The third kappa shape index (κ3) is 3.78. The minimum Gasteiger partial charge on any atom is -0.465 e. The summed E-state index contributed by atoms with van der Waals surface area (Å²) < 4.78 is 9.91. The molecule has 1 amide bonds. The van der Waals surface area contributed by atoms with E-state index in [0.29, 0.717) is 12.1 Å². The van der Waals surface area contributed by atoms with Crippen LogP contribution >= 0.6 is 0 Å². The molecule has 2 N–H and O–H groups in total. The minimum absolute atomic E-state index is 0.305. The summed E-state index contributed by atoms with van der Waals surface area (Å²) in [6.07, 6.45) is 1.31. The predicted molar refractivity (Wildman–Crippen MR) is 82.7 cm³/mol. The van der Waals surface area contributed by atoms with E-state index in [1.165, 1.54) is 7.11 Å². The fourth-order valence-corrected chi connectivity index (χ4v) is 2.05. The number of amides is 1. The molecule has 0 saturated heterocycles. The van der Waals surface area contributed by atoms with Crippen LogP contribution in [-0.4, -0.2) is 29.8 Å². The van der Waals surface area contributed by atoms with Gasteiger partial charge in [0.2, 0.25) is 0 Å². The van der Waals surface area contributed by atoms with Gasteiger partial charge >= 0.3 is 12.1 Å². The Labute approximate surface area is 128 Å². The van der Waals surface area contributed by atoms with Crippen LogP contribution in [0.4, 0.5) is 4.79 Å². The molecule has 0 bridgehead atoms. The van der Waals surface area contributed by atoms with Gasteiger partial charge in [0.1, 0.15) is 5.60 Å². The van der Waals surface area contributed by atoms with E-state index in [4.69, 9.17) is 9.47 Å². The molecule has 2 rings (SSSR count). The van der Waals surface area contributed by atoms with E-state index >= 15 is 0 Å². The van der Waals surface area contributed by atoms with Crippen molar-refractivity contribution in [2.45, 2.75) is 32.9 Å². The largest absolute Gasteiger partial charge is 0.465 e. The lowest BCUT2D eigenvalue weighted by molar-refractivity contribution is 0.0522. The number of rotatable bonds is 3. The quantitative estimate of drug-likeness (QED) is 0.854. The highest BCUT2D eigenvalue weighted by atomic mass is 16.6. The number of esters is 1. The van der Waals surface area contributed by atoms with Crippen LogP contribution in [-0.2, 0) is 16.0 Å². The molecule has 6 heteroatoms. The third-order valence-corrected chi connectivity index (χ3v) is 3.01. The van der Waals surface area contributed by atoms with Crippen molar-refractivity contribution in [3.63, 3.8) is 0 Å². The zero-order valence-electron chi connectivity index (χ0n) is 13.1. The molecule has 118 valence electrons. The van der Waals surface area contributed by atoms with Crippen LogP contribution in [0.2, 0.25) is 0 Å². The molecule has 1 aromatic heterocycles. The van der Waals surface area contributed by atoms with Gasteiger partial charge in [-0.2, -0.15) is 0 Å². The lowest BCUT2D eigenvalue weighted by Crippen LogP contribution is -2.32. The van der Waals surface area contributed by atoms with Gasteiger partial charge in [0.05, 0.1) is 12.7 Å². The first-order valence-electron chi connectivity index (χ1n) is 6.95. The zero-order valence-corrected chi connectivity index (χ0v) is 13.1. The van der Waals surface area contributed by atoms with E-state index in [9.17, 15) is 9.59 Å². The van der Waals surface area contributed by atoms with E-state index in [1.807, 2.05) is 0 Å². The van der Waals surface area contributed by atoms with Gasteiger partial charge < -0.3 is 19.8 Å². The van der Waals surface area contributed by atoms with Gasteiger partial charge in [0, 0.05) is 23.6 Å². The second-order valence-electron chi connectivity index (χ2n) is 5.92. The zero-order chi connectivity index (χ0) is 16.3. The molecule has 6 nitrogen and oxygen atoms in total. The van der Waals surface area contributed by atoms with Crippen LogP contribution in [0.5, 0.6) is 0 Å². The first-order valence-corrected chi connectivity index (χ1v) is 6.95. The molecule has 0 aliphatic rings. The second kappa shape index (κ2) is 6.09. The molecular formula is C16H20N2O4. The summed E-state index contributed by atoms with van der Waals surface area (Å²) >= 11 is 0. The Morgan fingerprint density at radius 2 is 2.00 bits per heavy atom. The van der Waals surface area contributed by atoms with E-state index in [2.05, 4.69) is 10.3 Å². The third-order valence-electron chi connectivity index (χ3n) is 3.01. The van der Waals surface area contributed by atoms with Crippen LogP contribution in [0.3, 0.4) is 0 Å². The summed E-state index contributed by atoms with van der Waals surface area (Å²) in [4.78, 5) is 26.4. The number of nitrogens with one attached hydrogen (secondary N) is 2. The number of methoxy groups -OCH3 is 1. The maximum absolute atomic E-state index is 11.7. The maximum atomic E-state index is 11.7. The van der Waals surface area contributed by atoms with Gasteiger partial charge in [0.15, 0.2) is 0 Å². The van der Waals surface area contributed by atoms with Crippen molar-refractivity contribution in [1.82, 2.24) is 10.3 Å². The Morgan fingerprint density at radius 1 is 1.27 bits per heavy atom. The Balaban J connectivity index is 2.14. The van der Waals surface area contributed by atoms with E-state index < -0.39 is 17.7 Å². The van der Waals surface area contributed by atoms with E-state index in [1.54, 1.807) is 45.2 Å². The molecule has 0 saturated carbocycles. The second-order valence-corrected chi connectivity index (χ2v) is 5.92. The lowest BCUT2D eigenvalue weighted by Gasteiger charge is -2.19. The summed E-state index contributed by atoms with van der Waals surface area (Å²) in [6.45, 7) is 5.72. The summed E-state index contributed by atoms with van der Waals surface area (Å²) in [6, 6.07) is 5.23. The molecule has 0 unspecified atom stereocenters. The molecule has 0 radical (unpaired) electrons. The van der Waals surface area contributed by atoms with Gasteiger partial charge in [-0.25, -0.2) is 9.59 Å². The minimum atomic E-state index is -0.539. The van der Waals surface area contributed by atoms with Gasteiger partial charge in [-0.05, 0) is 44.5 Å². The van der Waals surface area contributed by atoms with Crippen molar-refractivity contribution in [3.8, 4) is 0 Å². The molecule has 1 heterocycles. The van der Waals surface area contributed by atoms with Gasteiger partial charge in [0.25, 0.3) is 0 Å². The number of ether oxygens (including phenoxy) is 2. The molecule has 2 aromatic rings. The topological polar surface area (TPSA) is 80.4 Å². The summed E-state index contributed by atoms with van der Waals surface area (Å²) in [5.74, 6) is -0.394. The van der Waals surface area contributed by atoms with Gasteiger partial charge in [-0.15, -0.1) is 0 Å². The number of carbonyl (C=O) groups is 2. The fourth-order valence-electron chi connectivity index (χ4n) is 2.05. The van der Waals surface area contributed by atoms with Crippen molar-refractivity contribution in [3.05, 3.63) is 35.5 Å². The van der Waals surface area contributed by atoms with Crippen molar-refractivity contribution < 1.29 is 19.1 Å². The van der Waals surface area contributed by atoms with E-state index in [0.717, 1.165) is 16.5 Å².